The average Bonchev–Trinajstić information content (AvgIpc) is 2.38. The van der Waals surface area contributed by atoms with Crippen LogP contribution >= 0.6 is 0 Å². The van der Waals surface area contributed by atoms with Crippen molar-refractivity contribution in [2.75, 3.05) is 6.61 Å². The smallest absolute Gasteiger partial charge is 0.230 e. The number of hydrogen-bond acceptors (Lipinski definition) is 3. The second kappa shape index (κ2) is 3.49. The molecular formula is C8H11NO3. The Morgan fingerprint density at radius 1 is 1.50 bits per heavy atom. The van der Waals surface area contributed by atoms with Crippen LogP contribution in [0.15, 0.2) is 12.7 Å². The molecule has 1 rings (SSSR count). The topological polar surface area (TPSA) is 57.6 Å². The SMILES string of the molecule is C=C[C@@H](CO)N1C(=O)CCC1=O. The van der Waals surface area contributed by atoms with E-state index in [0.29, 0.717) is 0 Å². The number of aliphatic hydroxyl groups excluding tert-OH is 1. The molecule has 0 aromatic heterocycles. The van der Waals surface area contributed by atoms with Gasteiger partial charge >= 0.3 is 0 Å². The summed E-state index contributed by atoms with van der Waals surface area (Å²) in [6, 6.07) is -0.549. The van der Waals surface area contributed by atoms with E-state index in [1.807, 2.05) is 0 Å². The van der Waals surface area contributed by atoms with Crippen molar-refractivity contribution in [3.8, 4) is 0 Å². The predicted octanol–water partition coefficient (Wildman–Crippen LogP) is -0.318. The zero-order valence-corrected chi connectivity index (χ0v) is 6.69. The molecule has 0 spiro atoms. The summed E-state index contributed by atoms with van der Waals surface area (Å²) in [5, 5.41) is 8.80. The maximum atomic E-state index is 11.1. The van der Waals surface area contributed by atoms with Crippen LogP contribution in [-0.2, 0) is 9.59 Å². The second-order valence-corrected chi connectivity index (χ2v) is 2.64. The molecule has 1 fully saturated rings. The van der Waals surface area contributed by atoms with E-state index in [1.54, 1.807) is 0 Å². The molecule has 0 unspecified atom stereocenters. The number of likely N-dealkylation sites (tertiary alicyclic amines) is 1. The van der Waals surface area contributed by atoms with E-state index in [1.165, 1.54) is 6.08 Å². The Morgan fingerprint density at radius 3 is 2.33 bits per heavy atom. The van der Waals surface area contributed by atoms with Crippen molar-refractivity contribution in [3.63, 3.8) is 0 Å². The lowest BCUT2D eigenvalue weighted by Gasteiger charge is -2.20. The molecule has 4 nitrogen and oxygen atoms in total. The van der Waals surface area contributed by atoms with E-state index in [9.17, 15) is 9.59 Å². The van der Waals surface area contributed by atoms with Crippen LogP contribution in [0.4, 0.5) is 0 Å². The zero-order chi connectivity index (χ0) is 9.14. The van der Waals surface area contributed by atoms with Crippen molar-refractivity contribution in [2.45, 2.75) is 18.9 Å². The minimum Gasteiger partial charge on any atom is -0.394 e. The van der Waals surface area contributed by atoms with E-state index in [-0.39, 0.29) is 31.3 Å². The molecule has 1 saturated heterocycles. The van der Waals surface area contributed by atoms with Gasteiger partial charge in [-0.15, -0.1) is 6.58 Å². The van der Waals surface area contributed by atoms with Crippen molar-refractivity contribution in [2.24, 2.45) is 0 Å². The monoisotopic (exact) mass is 169 g/mol. The van der Waals surface area contributed by atoms with Gasteiger partial charge in [0.2, 0.25) is 11.8 Å². The number of rotatable bonds is 3. The number of carbonyl (C=O) groups excluding carboxylic acids is 2. The van der Waals surface area contributed by atoms with E-state index >= 15 is 0 Å². The summed E-state index contributed by atoms with van der Waals surface area (Å²) in [6.45, 7) is 3.19. The first-order chi connectivity index (χ1) is 5.70. The molecule has 1 N–H and O–H groups in total. The Kier molecular flexibility index (Phi) is 2.60. The fourth-order valence-electron chi connectivity index (χ4n) is 1.23. The highest BCUT2D eigenvalue weighted by Crippen LogP contribution is 2.15. The van der Waals surface area contributed by atoms with Gasteiger partial charge in [-0.05, 0) is 0 Å². The summed E-state index contributed by atoms with van der Waals surface area (Å²) < 4.78 is 0. The number of amides is 2. The highest BCUT2D eigenvalue weighted by Gasteiger charge is 2.32. The van der Waals surface area contributed by atoms with Crippen LogP contribution < -0.4 is 0 Å². The molecule has 0 saturated carbocycles. The fourth-order valence-corrected chi connectivity index (χ4v) is 1.23. The first-order valence-electron chi connectivity index (χ1n) is 3.79. The third kappa shape index (κ3) is 1.38. The quantitative estimate of drug-likeness (QED) is 0.465. The normalized spacial score (nSPS) is 19.9. The Bertz CT molecular complexity index is 208. The van der Waals surface area contributed by atoms with Gasteiger partial charge in [0.25, 0.3) is 0 Å². The van der Waals surface area contributed by atoms with Crippen molar-refractivity contribution >= 4 is 11.8 Å². The summed E-state index contributed by atoms with van der Waals surface area (Å²) in [6.07, 6.45) is 1.91. The molecule has 0 bridgehead atoms. The number of hydrogen-bond donors (Lipinski definition) is 1. The van der Waals surface area contributed by atoms with Gasteiger partial charge in [-0.2, -0.15) is 0 Å². The lowest BCUT2D eigenvalue weighted by Crippen LogP contribution is -2.40. The molecule has 1 heterocycles. The molecule has 4 heteroatoms. The van der Waals surface area contributed by atoms with Crippen LogP contribution in [0.5, 0.6) is 0 Å². The lowest BCUT2D eigenvalue weighted by atomic mass is 10.3. The van der Waals surface area contributed by atoms with Crippen molar-refractivity contribution in [1.29, 1.82) is 0 Å². The molecule has 0 radical (unpaired) electrons. The largest absolute Gasteiger partial charge is 0.394 e. The summed E-state index contributed by atoms with van der Waals surface area (Å²) in [7, 11) is 0. The van der Waals surface area contributed by atoms with Crippen LogP contribution in [0.25, 0.3) is 0 Å². The first kappa shape index (κ1) is 8.93. The van der Waals surface area contributed by atoms with E-state index in [2.05, 4.69) is 6.58 Å². The fraction of sp³-hybridized carbons (Fsp3) is 0.500. The highest BCUT2D eigenvalue weighted by atomic mass is 16.3. The van der Waals surface area contributed by atoms with Gasteiger partial charge in [0.15, 0.2) is 0 Å². The van der Waals surface area contributed by atoms with Crippen LogP contribution in [-0.4, -0.2) is 34.5 Å². The lowest BCUT2D eigenvalue weighted by molar-refractivity contribution is -0.140. The third-order valence-electron chi connectivity index (χ3n) is 1.88. The van der Waals surface area contributed by atoms with Crippen LogP contribution in [0.2, 0.25) is 0 Å². The Labute approximate surface area is 70.5 Å². The van der Waals surface area contributed by atoms with Gasteiger partial charge in [0, 0.05) is 12.8 Å². The molecule has 1 aliphatic heterocycles. The Balaban J connectivity index is 2.76. The highest BCUT2D eigenvalue weighted by molar-refractivity contribution is 6.02. The number of nitrogens with zero attached hydrogens (tertiary/aromatic N) is 1. The Morgan fingerprint density at radius 2 is 2.00 bits per heavy atom. The molecular weight excluding hydrogens is 158 g/mol. The number of carbonyl (C=O) groups is 2. The first-order valence-corrected chi connectivity index (χ1v) is 3.79. The van der Waals surface area contributed by atoms with Gasteiger partial charge in [-0.1, -0.05) is 6.08 Å². The van der Waals surface area contributed by atoms with Crippen LogP contribution in [0.3, 0.4) is 0 Å². The molecule has 0 aromatic carbocycles. The maximum Gasteiger partial charge on any atom is 0.230 e. The van der Waals surface area contributed by atoms with Gasteiger partial charge in [0.1, 0.15) is 0 Å². The minimum atomic E-state index is -0.549. The van der Waals surface area contributed by atoms with Gasteiger partial charge < -0.3 is 5.11 Å². The van der Waals surface area contributed by atoms with Gasteiger partial charge in [-0.25, -0.2) is 0 Å². The molecule has 0 aromatic rings. The van der Waals surface area contributed by atoms with E-state index in [4.69, 9.17) is 5.11 Å². The molecule has 1 atom stereocenters. The molecule has 0 aliphatic carbocycles. The minimum absolute atomic E-state index is 0.223. The van der Waals surface area contributed by atoms with Crippen molar-refractivity contribution in [3.05, 3.63) is 12.7 Å². The molecule has 66 valence electrons. The summed E-state index contributed by atoms with van der Waals surface area (Å²) in [5.41, 5.74) is 0. The summed E-state index contributed by atoms with van der Waals surface area (Å²) in [5.74, 6) is -0.446. The van der Waals surface area contributed by atoms with Crippen molar-refractivity contribution in [1.82, 2.24) is 4.90 Å². The van der Waals surface area contributed by atoms with Gasteiger partial charge in [-0.3, -0.25) is 14.5 Å². The second-order valence-electron chi connectivity index (χ2n) is 2.64. The van der Waals surface area contributed by atoms with Crippen LogP contribution in [0, 0.1) is 0 Å². The number of imide groups is 1. The predicted molar refractivity (Wildman–Crippen MR) is 42.2 cm³/mol. The molecule has 12 heavy (non-hydrogen) atoms. The average molecular weight is 169 g/mol. The van der Waals surface area contributed by atoms with Gasteiger partial charge in [0.05, 0.1) is 12.6 Å². The Hall–Kier alpha value is -1.16. The zero-order valence-electron chi connectivity index (χ0n) is 6.69. The van der Waals surface area contributed by atoms with Crippen LogP contribution in [0.1, 0.15) is 12.8 Å². The standard InChI is InChI=1S/C8H11NO3/c1-2-6(5-10)9-7(11)3-4-8(9)12/h2,6,10H,1,3-5H2/t6-/m0/s1. The van der Waals surface area contributed by atoms with E-state index < -0.39 is 6.04 Å². The molecule has 2 amide bonds. The number of aliphatic hydroxyl groups is 1. The third-order valence-corrected chi connectivity index (χ3v) is 1.88. The van der Waals surface area contributed by atoms with Crippen molar-refractivity contribution < 1.29 is 14.7 Å². The van der Waals surface area contributed by atoms with E-state index in [0.717, 1.165) is 4.90 Å². The maximum absolute atomic E-state index is 11.1. The molecule has 1 aliphatic rings. The summed E-state index contributed by atoms with van der Waals surface area (Å²) in [4.78, 5) is 23.3. The summed E-state index contributed by atoms with van der Waals surface area (Å²) >= 11 is 0.